The first-order chi connectivity index (χ1) is 12.4. The largest absolute Gasteiger partial charge is 0.449 e. The lowest BCUT2D eigenvalue weighted by molar-refractivity contribution is -0.384. The van der Waals surface area contributed by atoms with E-state index in [2.05, 4.69) is 5.32 Å². The van der Waals surface area contributed by atoms with Crippen molar-refractivity contribution in [2.75, 3.05) is 38.7 Å². The molecule has 1 N–H and O–H groups in total. The molecule has 0 aliphatic carbocycles. The van der Waals surface area contributed by atoms with E-state index >= 15 is 0 Å². The van der Waals surface area contributed by atoms with E-state index < -0.39 is 17.0 Å². The Morgan fingerprint density at radius 1 is 1.35 bits per heavy atom. The Morgan fingerprint density at radius 2 is 2.04 bits per heavy atom. The number of carbonyl (C=O) groups excluding carboxylic acids is 2. The Labute approximate surface area is 151 Å². The first-order valence-electron chi connectivity index (χ1n) is 8.45. The number of benzene rings is 1. The van der Waals surface area contributed by atoms with Crippen molar-refractivity contribution in [2.24, 2.45) is 0 Å². The van der Waals surface area contributed by atoms with Crippen LogP contribution in [0, 0.1) is 10.1 Å². The zero-order chi connectivity index (χ0) is 19.1. The van der Waals surface area contributed by atoms with Gasteiger partial charge < -0.3 is 19.7 Å². The van der Waals surface area contributed by atoms with E-state index in [1.807, 2.05) is 0 Å². The molecule has 1 fully saturated rings. The molecule has 1 amide bonds. The average molecular weight is 365 g/mol. The Morgan fingerprint density at radius 3 is 2.65 bits per heavy atom. The number of methoxy groups -OCH3 is 1. The molecular weight excluding hydrogens is 342 g/mol. The maximum Gasteiger partial charge on any atom is 0.341 e. The molecular formula is C17H23N3O6. The smallest absolute Gasteiger partial charge is 0.341 e. The summed E-state index contributed by atoms with van der Waals surface area (Å²) in [6.07, 6.45) is 0.919. The van der Waals surface area contributed by atoms with E-state index in [-0.39, 0.29) is 17.2 Å². The summed E-state index contributed by atoms with van der Waals surface area (Å²) >= 11 is 0. The Balaban J connectivity index is 2.14. The van der Waals surface area contributed by atoms with Gasteiger partial charge in [-0.2, -0.15) is 0 Å². The van der Waals surface area contributed by atoms with Gasteiger partial charge in [0, 0.05) is 44.6 Å². The molecule has 9 heteroatoms. The third-order valence-corrected chi connectivity index (χ3v) is 4.10. The number of non-ortho nitro benzene ring substituents is 1. The normalized spacial score (nSPS) is 14.8. The van der Waals surface area contributed by atoms with Gasteiger partial charge in [0.05, 0.1) is 17.1 Å². The summed E-state index contributed by atoms with van der Waals surface area (Å²) in [4.78, 5) is 36.9. The monoisotopic (exact) mass is 365 g/mol. The van der Waals surface area contributed by atoms with Crippen LogP contribution in [0.2, 0.25) is 0 Å². The maximum atomic E-state index is 12.5. The molecule has 1 aliphatic rings. The zero-order valence-corrected chi connectivity index (χ0v) is 14.9. The predicted octanol–water partition coefficient (Wildman–Crippen LogP) is 1.82. The molecule has 0 aromatic heterocycles. The van der Waals surface area contributed by atoms with Gasteiger partial charge in [0.15, 0.2) is 6.10 Å². The number of nitrogens with zero attached hydrogens (tertiary/aromatic N) is 2. The van der Waals surface area contributed by atoms with Crippen molar-refractivity contribution >= 4 is 23.3 Å². The number of hydrogen-bond acceptors (Lipinski definition) is 7. The van der Waals surface area contributed by atoms with Crippen LogP contribution in [0.1, 0.15) is 30.1 Å². The van der Waals surface area contributed by atoms with E-state index in [0.717, 1.165) is 18.9 Å². The number of likely N-dealkylation sites (tertiary alicyclic amines) is 1. The van der Waals surface area contributed by atoms with E-state index in [1.165, 1.54) is 19.1 Å². The number of esters is 1. The third-order valence-electron chi connectivity index (χ3n) is 4.10. The average Bonchev–Trinajstić information content (AvgIpc) is 3.15. The summed E-state index contributed by atoms with van der Waals surface area (Å²) in [5.41, 5.74) is 0.169. The first kappa shape index (κ1) is 19.6. The van der Waals surface area contributed by atoms with Crippen LogP contribution in [-0.2, 0) is 14.3 Å². The summed E-state index contributed by atoms with van der Waals surface area (Å²) in [6, 6.07) is 3.88. The van der Waals surface area contributed by atoms with Gasteiger partial charge in [-0.25, -0.2) is 4.79 Å². The van der Waals surface area contributed by atoms with Gasteiger partial charge in [0.25, 0.3) is 11.6 Å². The van der Waals surface area contributed by atoms with Crippen LogP contribution in [0.25, 0.3) is 0 Å². The van der Waals surface area contributed by atoms with Crippen LogP contribution in [-0.4, -0.2) is 61.2 Å². The fourth-order valence-electron chi connectivity index (χ4n) is 2.73. The predicted molar refractivity (Wildman–Crippen MR) is 94.2 cm³/mol. The molecule has 2 rings (SSSR count). The van der Waals surface area contributed by atoms with Crippen molar-refractivity contribution in [3.63, 3.8) is 0 Å². The Bertz CT molecular complexity index is 672. The fourth-order valence-corrected chi connectivity index (χ4v) is 2.73. The number of nitro benzene ring substituents is 1. The van der Waals surface area contributed by atoms with Crippen molar-refractivity contribution in [2.45, 2.75) is 25.9 Å². The number of amides is 1. The molecule has 1 heterocycles. The summed E-state index contributed by atoms with van der Waals surface area (Å²) in [7, 11) is 1.54. The van der Waals surface area contributed by atoms with Crippen LogP contribution in [0.5, 0.6) is 0 Å². The lowest BCUT2D eigenvalue weighted by atomic mass is 10.1. The summed E-state index contributed by atoms with van der Waals surface area (Å²) in [6.45, 7) is 3.63. The van der Waals surface area contributed by atoms with Gasteiger partial charge in [-0.1, -0.05) is 0 Å². The standard InChI is InChI=1S/C17H23N3O6/c1-12(16(21)19-8-3-4-9-19)26-17(22)14-11-13(20(23)24)5-6-15(14)18-7-10-25-2/h5-6,11-12,18H,3-4,7-10H2,1-2H3/t12-/m0/s1. The summed E-state index contributed by atoms with van der Waals surface area (Å²) < 4.78 is 10.2. The molecule has 9 nitrogen and oxygen atoms in total. The van der Waals surface area contributed by atoms with Gasteiger partial charge in [-0.05, 0) is 25.8 Å². The number of carbonyl (C=O) groups is 2. The highest BCUT2D eigenvalue weighted by Gasteiger charge is 2.27. The molecule has 1 aromatic rings. The highest BCUT2D eigenvalue weighted by atomic mass is 16.6. The van der Waals surface area contributed by atoms with Crippen molar-refractivity contribution in [1.82, 2.24) is 4.90 Å². The maximum absolute atomic E-state index is 12.5. The van der Waals surface area contributed by atoms with E-state index in [0.29, 0.717) is 31.9 Å². The fraction of sp³-hybridized carbons (Fsp3) is 0.529. The molecule has 1 atom stereocenters. The van der Waals surface area contributed by atoms with Gasteiger partial charge in [-0.15, -0.1) is 0 Å². The molecule has 0 bridgehead atoms. The molecule has 0 saturated carbocycles. The number of hydrogen-bond donors (Lipinski definition) is 1. The second kappa shape index (κ2) is 9.14. The minimum absolute atomic E-state index is 0.0105. The minimum atomic E-state index is -0.952. The minimum Gasteiger partial charge on any atom is -0.449 e. The van der Waals surface area contributed by atoms with Crippen LogP contribution in [0.3, 0.4) is 0 Å². The molecule has 26 heavy (non-hydrogen) atoms. The number of nitrogens with one attached hydrogen (secondary N) is 1. The van der Waals surface area contributed by atoms with Crippen molar-refractivity contribution < 1.29 is 24.0 Å². The van der Waals surface area contributed by atoms with Gasteiger partial charge in [0.1, 0.15) is 0 Å². The van der Waals surface area contributed by atoms with Crippen LogP contribution >= 0.6 is 0 Å². The first-order valence-corrected chi connectivity index (χ1v) is 8.45. The zero-order valence-electron chi connectivity index (χ0n) is 14.9. The van der Waals surface area contributed by atoms with E-state index in [1.54, 1.807) is 12.0 Å². The quantitative estimate of drug-likeness (QED) is 0.324. The second-order valence-corrected chi connectivity index (χ2v) is 5.99. The molecule has 1 saturated heterocycles. The highest BCUT2D eigenvalue weighted by Crippen LogP contribution is 2.24. The SMILES string of the molecule is COCCNc1ccc([N+](=O)[O-])cc1C(=O)O[C@@H](C)C(=O)N1CCCC1. The summed E-state index contributed by atoms with van der Waals surface area (Å²) in [5, 5.41) is 14.0. The van der Waals surface area contributed by atoms with Crippen LogP contribution in [0.4, 0.5) is 11.4 Å². The molecule has 0 spiro atoms. The summed E-state index contributed by atoms with van der Waals surface area (Å²) in [5.74, 6) is -1.04. The van der Waals surface area contributed by atoms with Gasteiger partial charge in [0.2, 0.25) is 0 Å². The third kappa shape index (κ3) is 4.92. The second-order valence-electron chi connectivity index (χ2n) is 5.99. The van der Waals surface area contributed by atoms with Crippen LogP contribution < -0.4 is 5.32 Å². The molecule has 1 aliphatic heterocycles. The number of rotatable bonds is 8. The topological polar surface area (TPSA) is 111 Å². The van der Waals surface area contributed by atoms with Crippen molar-refractivity contribution in [3.05, 3.63) is 33.9 Å². The van der Waals surface area contributed by atoms with Crippen LogP contribution in [0.15, 0.2) is 18.2 Å². The van der Waals surface area contributed by atoms with Gasteiger partial charge >= 0.3 is 5.97 Å². The van der Waals surface area contributed by atoms with Crippen molar-refractivity contribution in [1.29, 1.82) is 0 Å². The van der Waals surface area contributed by atoms with Crippen molar-refractivity contribution in [3.8, 4) is 0 Å². The lowest BCUT2D eigenvalue weighted by Gasteiger charge is -2.21. The van der Waals surface area contributed by atoms with E-state index in [9.17, 15) is 19.7 Å². The Hall–Kier alpha value is -2.68. The number of ether oxygens (including phenoxy) is 2. The lowest BCUT2D eigenvalue weighted by Crippen LogP contribution is -2.38. The van der Waals surface area contributed by atoms with Gasteiger partial charge in [-0.3, -0.25) is 14.9 Å². The molecule has 142 valence electrons. The number of anilines is 1. The highest BCUT2D eigenvalue weighted by molar-refractivity contribution is 5.98. The molecule has 0 unspecified atom stereocenters. The molecule has 0 radical (unpaired) electrons. The molecule has 1 aromatic carbocycles. The Kier molecular flexibility index (Phi) is 6.90. The van der Waals surface area contributed by atoms with E-state index in [4.69, 9.17) is 9.47 Å². The number of nitro groups is 1.